The van der Waals surface area contributed by atoms with E-state index in [4.69, 9.17) is 9.47 Å². The minimum absolute atomic E-state index is 0.316. The first kappa shape index (κ1) is 15.5. The van der Waals surface area contributed by atoms with Crippen molar-refractivity contribution in [2.45, 2.75) is 25.5 Å². The highest BCUT2D eigenvalue weighted by Crippen LogP contribution is 2.36. The second-order valence-electron chi connectivity index (χ2n) is 6.00. The van der Waals surface area contributed by atoms with E-state index >= 15 is 0 Å². The smallest absolute Gasteiger partial charge is 0.119 e. The molecule has 3 nitrogen and oxygen atoms in total. The van der Waals surface area contributed by atoms with Crippen molar-refractivity contribution in [3.63, 3.8) is 0 Å². The van der Waals surface area contributed by atoms with Gasteiger partial charge in [-0.05, 0) is 29.5 Å². The minimum Gasteiger partial charge on any atom is -0.493 e. The monoisotopic (exact) mass is 296 g/mol. The van der Waals surface area contributed by atoms with Gasteiger partial charge in [-0.3, -0.25) is 4.21 Å². The van der Waals surface area contributed by atoms with Gasteiger partial charge >= 0.3 is 0 Å². The molecule has 1 fully saturated rings. The van der Waals surface area contributed by atoms with Crippen molar-refractivity contribution in [1.82, 2.24) is 0 Å². The van der Waals surface area contributed by atoms with Gasteiger partial charge in [0.2, 0.25) is 0 Å². The molecule has 4 heteroatoms. The highest BCUT2D eigenvalue weighted by molar-refractivity contribution is 7.85. The van der Waals surface area contributed by atoms with Crippen LogP contribution < -0.4 is 4.74 Å². The van der Waals surface area contributed by atoms with Crippen LogP contribution in [0.3, 0.4) is 0 Å². The Labute approximate surface area is 124 Å². The molecular formula is C16H24O3S. The van der Waals surface area contributed by atoms with Crippen molar-refractivity contribution >= 4 is 10.8 Å². The van der Waals surface area contributed by atoms with E-state index in [1.807, 2.05) is 24.3 Å². The van der Waals surface area contributed by atoms with Gasteiger partial charge in [0.25, 0.3) is 0 Å². The predicted octanol–water partition coefficient (Wildman–Crippen LogP) is 2.96. The Morgan fingerprint density at radius 3 is 2.25 bits per heavy atom. The standard InChI is InChI=1S/C16H24O3S/c1-12(2)13(3)9-19-15-7-5-14(6-8-15)16(20(4)17)10-18-11-16/h5-8,12-13H,9-11H2,1-4H3. The topological polar surface area (TPSA) is 35.5 Å². The summed E-state index contributed by atoms with van der Waals surface area (Å²) < 4.78 is 22.7. The first-order valence-corrected chi connectivity index (χ1v) is 8.66. The summed E-state index contributed by atoms with van der Waals surface area (Å²) in [7, 11) is -0.923. The van der Waals surface area contributed by atoms with E-state index < -0.39 is 10.8 Å². The van der Waals surface area contributed by atoms with Gasteiger partial charge in [0, 0.05) is 17.1 Å². The Morgan fingerprint density at radius 2 is 1.85 bits per heavy atom. The van der Waals surface area contributed by atoms with E-state index in [1.165, 1.54) is 0 Å². The van der Waals surface area contributed by atoms with Gasteiger partial charge in [-0.2, -0.15) is 0 Å². The van der Waals surface area contributed by atoms with Crippen molar-refractivity contribution in [3.05, 3.63) is 29.8 Å². The number of rotatable bonds is 6. The fourth-order valence-corrected chi connectivity index (χ4v) is 3.03. The molecule has 1 aromatic carbocycles. The zero-order valence-electron chi connectivity index (χ0n) is 12.7. The number of benzene rings is 1. The summed E-state index contributed by atoms with van der Waals surface area (Å²) in [6, 6.07) is 7.96. The van der Waals surface area contributed by atoms with Crippen LogP contribution in [-0.2, 0) is 20.3 Å². The van der Waals surface area contributed by atoms with Crippen LogP contribution in [0, 0.1) is 11.8 Å². The molecule has 1 aliphatic rings. The molecule has 1 aliphatic heterocycles. The summed E-state index contributed by atoms with van der Waals surface area (Å²) in [4.78, 5) is 0. The summed E-state index contributed by atoms with van der Waals surface area (Å²) in [5.41, 5.74) is 1.08. The molecular weight excluding hydrogens is 272 g/mol. The van der Waals surface area contributed by atoms with Crippen LogP contribution in [0.1, 0.15) is 26.3 Å². The predicted molar refractivity (Wildman–Crippen MR) is 82.5 cm³/mol. The van der Waals surface area contributed by atoms with Crippen molar-refractivity contribution in [3.8, 4) is 5.75 Å². The zero-order chi connectivity index (χ0) is 14.8. The van der Waals surface area contributed by atoms with Gasteiger partial charge in [0.15, 0.2) is 0 Å². The van der Waals surface area contributed by atoms with Gasteiger partial charge in [-0.1, -0.05) is 32.9 Å². The van der Waals surface area contributed by atoms with Crippen LogP contribution in [0.15, 0.2) is 24.3 Å². The molecule has 2 unspecified atom stereocenters. The van der Waals surface area contributed by atoms with Gasteiger partial charge in [-0.15, -0.1) is 0 Å². The first-order valence-electron chi connectivity index (χ1n) is 7.10. The Bertz CT molecular complexity index is 463. The molecule has 0 aliphatic carbocycles. The van der Waals surface area contributed by atoms with E-state index in [2.05, 4.69) is 20.8 Å². The van der Waals surface area contributed by atoms with E-state index in [0.29, 0.717) is 25.0 Å². The summed E-state index contributed by atoms with van der Waals surface area (Å²) in [6.45, 7) is 8.41. The third-order valence-electron chi connectivity index (χ3n) is 4.25. The average molecular weight is 296 g/mol. The molecule has 0 bridgehead atoms. The van der Waals surface area contributed by atoms with Crippen LogP contribution in [0.4, 0.5) is 0 Å². The fraction of sp³-hybridized carbons (Fsp3) is 0.625. The molecule has 0 saturated carbocycles. The van der Waals surface area contributed by atoms with E-state index in [-0.39, 0.29) is 4.75 Å². The highest BCUT2D eigenvalue weighted by Gasteiger charge is 2.44. The maximum absolute atomic E-state index is 11.9. The average Bonchev–Trinajstić information content (AvgIpc) is 2.35. The van der Waals surface area contributed by atoms with E-state index in [1.54, 1.807) is 6.26 Å². The van der Waals surface area contributed by atoms with Crippen molar-refractivity contribution in [2.75, 3.05) is 26.1 Å². The second-order valence-corrected chi connectivity index (χ2v) is 7.69. The van der Waals surface area contributed by atoms with E-state index in [0.717, 1.165) is 17.9 Å². The summed E-state index contributed by atoms with van der Waals surface area (Å²) in [5, 5.41) is 0. The number of hydrogen-bond donors (Lipinski definition) is 0. The van der Waals surface area contributed by atoms with Crippen LogP contribution >= 0.6 is 0 Å². The lowest BCUT2D eigenvalue weighted by atomic mass is 9.96. The molecule has 1 saturated heterocycles. The summed E-state index contributed by atoms with van der Waals surface area (Å²) in [5.74, 6) is 2.02. The van der Waals surface area contributed by atoms with Crippen LogP contribution in [-0.4, -0.2) is 30.3 Å². The largest absolute Gasteiger partial charge is 0.493 e. The zero-order valence-corrected chi connectivity index (χ0v) is 13.5. The maximum atomic E-state index is 11.9. The molecule has 0 aromatic heterocycles. The van der Waals surface area contributed by atoms with Crippen molar-refractivity contribution in [2.24, 2.45) is 11.8 Å². The molecule has 112 valence electrons. The third-order valence-corrected chi connectivity index (χ3v) is 5.82. The van der Waals surface area contributed by atoms with Gasteiger partial charge in [0.05, 0.1) is 19.8 Å². The lowest BCUT2D eigenvalue weighted by Crippen LogP contribution is -2.49. The molecule has 1 heterocycles. The quantitative estimate of drug-likeness (QED) is 0.809. The molecule has 1 aromatic rings. The molecule has 0 radical (unpaired) electrons. The number of hydrogen-bond acceptors (Lipinski definition) is 3. The SMILES string of the molecule is CC(C)C(C)COc1ccc(C2(S(C)=O)COC2)cc1. The Kier molecular flexibility index (Phi) is 4.86. The lowest BCUT2D eigenvalue weighted by Gasteiger charge is -2.39. The van der Waals surface area contributed by atoms with E-state index in [9.17, 15) is 4.21 Å². The first-order chi connectivity index (χ1) is 9.45. The Hall–Kier alpha value is -0.870. The third kappa shape index (κ3) is 3.07. The van der Waals surface area contributed by atoms with Gasteiger partial charge in [0.1, 0.15) is 10.5 Å². The van der Waals surface area contributed by atoms with Crippen molar-refractivity contribution < 1.29 is 13.7 Å². The molecule has 20 heavy (non-hydrogen) atoms. The maximum Gasteiger partial charge on any atom is 0.119 e. The Balaban J connectivity index is 2.01. The second kappa shape index (κ2) is 6.27. The van der Waals surface area contributed by atoms with Crippen LogP contribution in [0.5, 0.6) is 5.75 Å². The van der Waals surface area contributed by atoms with Gasteiger partial charge < -0.3 is 9.47 Å². The normalized spacial score (nSPS) is 20.2. The minimum atomic E-state index is -0.923. The molecule has 0 N–H and O–H groups in total. The summed E-state index contributed by atoms with van der Waals surface area (Å²) in [6.07, 6.45) is 1.75. The summed E-state index contributed by atoms with van der Waals surface area (Å²) >= 11 is 0. The van der Waals surface area contributed by atoms with Crippen LogP contribution in [0.25, 0.3) is 0 Å². The molecule has 0 amide bonds. The fourth-order valence-electron chi connectivity index (χ4n) is 2.06. The molecule has 2 atom stereocenters. The van der Waals surface area contributed by atoms with Crippen LogP contribution in [0.2, 0.25) is 0 Å². The van der Waals surface area contributed by atoms with Gasteiger partial charge in [-0.25, -0.2) is 0 Å². The van der Waals surface area contributed by atoms with Crippen molar-refractivity contribution in [1.29, 1.82) is 0 Å². The number of ether oxygens (including phenoxy) is 2. The molecule has 2 rings (SSSR count). The highest BCUT2D eigenvalue weighted by atomic mass is 32.2. The molecule has 0 spiro atoms. The lowest BCUT2D eigenvalue weighted by molar-refractivity contribution is -0.0132. The Morgan fingerprint density at radius 1 is 1.25 bits per heavy atom.